The van der Waals surface area contributed by atoms with Crippen LogP contribution in [0.4, 0.5) is 0 Å². The van der Waals surface area contributed by atoms with Crippen molar-refractivity contribution < 1.29 is 18.4 Å². The van der Waals surface area contributed by atoms with Crippen LogP contribution in [-0.2, 0) is 4.43 Å². The van der Waals surface area contributed by atoms with E-state index in [0.29, 0.717) is 52.0 Å². The third-order valence-electron chi connectivity index (χ3n) is 6.03. The van der Waals surface area contributed by atoms with Gasteiger partial charge in [0.05, 0.1) is 24.3 Å². The highest BCUT2D eigenvalue weighted by Crippen LogP contribution is 2.38. The number of amides is 1. The van der Waals surface area contributed by atoms with E-state index >= 15 is 0 Å². The van der Waals surface area contributed by atoms with Crippen LogP contribution in [0.3, 0.4) is 0 Å². The standard InChI is InChI=1S/C23H29Cl2N3O4Si/c1-23(2,3)33(6,7)31-9-8-28(4)22(29)14-10-17(30-5)20(27-12-14)18-11-16-21(32-18)19(25)15(24)13-26-16/h10-13H,8-9H2,1-7H3. The molecular formula is C23H29Cl2N3O4Si. The van der Waals surface area contributed by atoms with Gasteiger partial charge >= 0.3 is 0 Å². The lowest BCUT2D eigenvalue weighted by Crippen LogP contribution is -2.43. The Morgan fingerprint density at radius 3 is 2.52 bits per heavy atom. The van der Waals surface area contributed by atoms with Gasteiger partial charge in [-0.05, 0) is 24.2 Å². The molecule has 0 radical (unpaired) electrons. The van der Waals surface area contributed by atoms with Crippen molar-refractivity contribution >= 4 is 48.5 Å². The fourth-order valence-corrected chi connectivity index (χ4v) is 4.27. The van der Waals surface area contributed by atoms with Crippen molar-refractivity contribution in [2.75, 3.05) is 27.3 Å². The van der Waals surface area contributed by atoms with E-state index in [0.717, 1.165) is 0 Å². The van der Waals surface area contributed by atoms with Crippen LogP contribution in [0.2, 0.25) is 28.2 Å². The summed E-state index contributed by atoms with van der Waals surface area (Å²) < 4.78 is 17.5. The minimum atomic E-state index is -1.87. The van der Waals surface area contributed by atoms with Gasteiger partial charge in [0.2, 0.25) is 0 Å². The van der Waals surface area contributed by atoms with E-state index in [1.165, 1.54) is 19.5 Å². The number of carbonyl (C=O) groups is 1. The number of pyridine rings is 2. The number of halogens is 2. The third-order valence-corrected chi connectivity index (χ3v) is 11.3. The predicted octanol–water partition coefficient (Wildman–Crippen LogP) is 6.30. The summed E-state index contributed by atoms with van der Waals surface area (Å²) in [6, 6.07) is 3.35. The Morgan fingerprint density at radius 2 is 1.88 bits per heavy atom. The first-order valence-electron chi connectivity index (χ1n) is 10.5. The van der Waals surface area contributed by atoms with Crippen molar-refractivity contribution in [1.29, 1.82) is 0 Å². The van der Waals surface area contributed by atoms with Crippen LogP contribution in [-0.4, -0.2) is 56.4 Å². The number of carbonyl (C=O) groups excluding carboxylic acids is 1. The van der Waals surface area contributed by atoms with Gasteiger partial charge in [-0.1, -0.05) is 44.0 Å². The van der Waals surface area contributed by atoms with Gasteiger partial charge in [-0.25, -0.2) is 4.98 Å². The summed E-state index contributed by atoms with van der Waals surface area (Å²) in [5, 5.41) is 0.691. The molecule has 0 unspecified atom stereocenters. The number of methoxy groups -OCH3 is 1. The molecule has 3 rings (SSSR count). The Bertz CT molecular complexity index is 1170. The largest absolute Gasteiger partial charge is 0.494 e. The highest BCUT2D eigenvalue weighted by Gasteiger charge is 2.37. The average molecular weight is 510 g/mol. The highest BCUT2D eigenvalue weighted by atomic mass is 35.5. The summed E-state index contributed by atoms with van der Waals surface area (Å²) in [5.41, 5.74) is 1.75. The zero-order valence-electron chi connectivity index (χ0n) is 20.0. The molecule has 1 amide bonds. The van der Waals surface area contributed by atoms with Crippen LogP contribution in [0.1, 0.15) is 31.1 Å². The minimum Gasteiger partial charge on any atom is -0.494 e. The first kappa shape index (κ1) is 25.5. The van der Waals surface area contributed by atoms with E-state index in [9.17, 15) is 4.79 Å². The monoisotopic (exact) mass is 509 g/mol. The Balaban J connectivity index is 1.78. The molecule has 0 aliphatic carbocycles. The first-order valence-corrected chi connectivity index (χ1v) is 14.2. The van der Waals surface area contributed by atoms with E-state index in [1.54, 1.807) is 24.1 Å². The number of ether oxygens (including phenoxy) is 1. The average Bonchev–Trinajstić information content (AvgIpc) is 3.19. The van der Waals surface area contributed by atoms with Crippen molar-refractivity contribution in [2.45, 2.75) is 38.9 Å². The van der Waals surface area contributed by atoms with Crippen molar-refractivity contribution in [2.24, 2.45) is 0 Å². The molecule has 0 fully saturated rings. The zero-order chi connectivity index (χ0) is 24.6. The molecule has 0 N–H and O–H groups in total. The number of hydrogen-bond donors (Lipinski definition) is 0. The lowest BCUT2D eigenvalue weighted by molar-refractivity contribution is 0.0769. The molecule has 7 nitrogen and oxygen atoms in total. The summed E-state index contributed by atoms with van der Waals surface area (Å²) in [6.07, 6.45) is 2.96. The number of aromatic nitrogens is 2. The number of hydrogen-bond acceptors (Lipinski definition) is 6. The molecule has 0 aliphatic rings. The molecule has 10 heteroatoms. The van der Waals surface area contributed by atoms with Crippen LogP contribution >= 0.6 is 23.2 Å². The van der Waals surface area contributed by atoms with Gasteiger partial charge < -0.3 is 18.5 Å². The Kier molecular flexibility index (Phi) is 7.43. The fourth-order valence-electron chi connectivity index (χ4n) is 2.92. The molecule has 0 spiro atoms. The highest BCUT2D eigenvalue weighted by molar-refractivity contribution is 6.74. The molecule has 0 saturated carbocycles. The van der Waals surface area contributed by atoms with E-state index in [1.807, 2.05) is 0 Å². The van der Waals surface area contributed by atoms with Crippen LogP contribution in [0.15, 0.2) is 28.9 Å². The smallest absolute Gasteiger partial charge is 0.255 e. The minimum absolute atomic E-state index is 0.116. The van der Waals surface area contributed by atoms with Gasteiger partial charge in [0.15, 0.2) is 19.7 Å². The molecule has 33 heavy (non-hydrogen) atoms. The molecular weight excluding hydrogens is 481 g/mol. The van der Waals surface area contributed by atoms with E-state index < -0.39 is 8.32 Å². The van der Waals surface area contributed by atoms with Gasteiger partial charge in [-0.3, -0.25) is 9.78 Å². The Labute approximate surface area is 205 Å². The van der Waals surface area contributed by atoms with Crippen LogP contribution in [0, 0.1) is 0 Å². The van der Waals surface area contributed by atoms with Crippen molar-refractivity contribution in [3.8, 4) is 17.2 Å². The summed E-state index contributed by atoms with van der Waals surface area (Å²) in [7, 11) is 1.38. The molecule has 3 heterocycles. The number of nitrogens with zero attached hydrogens (tertiary/aromatic N) is 3. The molecule has 0 aromatic carbocycles. The van der Waals surface area contributed by atoms with E-state index in [2.05, 4.69) is 43.8 Å². The quantitative estimate of drug-likeness (QED) is 0.347. The van der Waals surface area contributed by atoms with Crippen LogP contribution in [0.5, 0.6) is 5.75 Å². The molecule has 0 aliphatic heterocycles. The second kappa shape index (κ2) is 9.62. The molecule has 0 bridgehead atoms. The van der Waals surface area contributed by atoms with Crippen molar-refractivity contribution in [3.05, 3.63) is 40.1 Å². The molecule has 3 aromatic rings. The van der Waals surface area contributed by atoms with E-state index in [4.69, 9.17) is 36.8 Å². The predicted molar refractivity (Wildman–Crippen MR) is 134 cm³/mol. The summed E-state index contributed by atoms with van der Waals surface area (Å²) in [5.74, 6) is 0.633. The van der Waals surface area contributed by atoms with Crippen LogP contribution in [0.25, 0.3) is 22.6 Å². The fraction of sp³-hybridized carbons (Fsp3) is 0.435. The molecule has 0 saturated heterocycles. The van der Waals surface area contributed by atoms with Gasteiger partial charge in [-0.2, -0.15) is 0 Å². The lowest BCUT2D eigenvalue weighted by Gasteiger charge is -2.36. The van der Waals surface area contributed by atoms with Gasteiger partial charge in [0, 0.05) is 32.1 Å². The van der Waals surface area contributed by atoms with E-state index in [-0.39, 0.29) is 16.0 Å². The SMILES string of the molecule is COc1cc(C(=O)N(C)CCO[Si](C)(C)C(C)(C)C)cnc1-c1cc2ncc(Cl)c(Cl)c2o1. The van der Waals surface area contributed by atoms with Crippen molar-refractivity contribution in [1.82, 2.24) is 14.9 Å². The summed E-state index contributed by atoms with van der Waals surface area (Å²) >= 11 is 12.2. The first-order chi connectivity index (χ1) is 15.4. The third kappa shape index (κ3) is 5.35. The van der Waals surface area contributed by atoms with Gasteiger partial charge in [0.1, 0.15) is 22.0 Å². The molecule has 0 atom stereocenters. The summed E-state index contributed by atoms with van der Waals surface area (Å²) in [6.45, 7) is 11.9. The maximum Gasteiger partial charge on any atom is 0.255 e. The Hall–Kier alpha value is -2.13. The number of fused-ring (bicyclic) bond motifs is 1. The number of furan rings is 1. The van der Waals surface area contributed by atoms with Crippen LogP contribution < -0.4 is 4.74 Å². The normalized spacial score (nSPS) is 12.3. The lowest BCUT2D eigenvalue weighted by atomic mass is 10.2. The topological polar surface area (TPSA) is 77.7 Å². The van der Waals surface area contributed by atoms with Gasteiger partial charge in [0.25, 0.3) is 5.91 Å². The van der Waals surface area contributed by atoms with Gasteiger partial charge in [-0.15, -0.1) is 0 Å². The maximum atomic E-state index is 13.0. The molecule has 3 aromatic heterocycles. The second-order valence-electron chi connectivity index (χ2n) is 9.36. The zero-order valence-corrected chi connectivity index (χ0v) is 22.5. The second-order valence-corrected chi connectivity index (χ2v) is 14.9. The molecule has 178 valence electrons. The Morgan fingerprint density at radius 1 is 1.18 bits per heavy atom. The number of rotatable bonds is 7. The number of likely N-dealkylation sites (N-methyl/N-ethyl adjacent to an activating group) is 1. The summed E-state index contributed by atoms with van der Waals surface area (Å²) in [4.78, 5) is 23.2. The maximum absolute atomic E-state index is 13.0. The van der Waals surface area contributed by atoms with Crippen molar-refractivity contribution in [3.63, 3.8) is 0 Å².